The summed E-state index contributed by atoms with van der Waals surface area (Å²) in [6.07, 6.45) is 0. The maximum Gasteiger partial charge on any atom is 0.132 e. The van der Waals surface area contributed by atoms with E-state index < -0.39 is 0 Å². The molecule has 0 aliphatic carbocycles. The quantitative estimate of drug-likeness (QED) is 0.897. The van der Waals surface area contributed by atoms with Gasteiger partial charge in [0.15, 0.2) is 0 Å². The highest BCUT2D eigenvalue weighted by Crippen LogP contribution is 2.36. The lowest BCUT2D eigenvalue weighted by Crippen LogP contribution is -1.89. The van der Waals surface area contributed by atoms with Crippen molar-refractivity contribution in [3.63, 3.8) is 0 Å². The van der Waals surface area contributed by atoms with Crippen molar-refractivity contribution in [3.05, 3.63) is 54.1 Å². The number of rotatable bonds is 4. The molecule has 0 aromatic heterocycles. The number of ether oxygens (including phenoxy) is 1. The van der Waals surface area contributed by atoms with Gasteiger partial charge in [-0.25, -0.2) is 0 Å². The highest BCUT2D eigenvalue weighted by molar-refractivity contribution is 7.99. The van der Waals surface area contributed by atoms with Crippen molar-refractivity contribution in [2.45, 2.75) is 16.4 Å². The zero-order valence-corrected chi connectivity index (χ0v) is 10.4. The Morgan fingerprint density at radius 3 is 2.35 bits per heavy atom. The minimum Gasteiger partial charge on any atom is -0.496 e. The minimum absolute atomic E-state index is 0.0539. The van der Waals surface area contributed by atoms with E-state index in [1.807, 2.05) is 48.5 Å². The van der Waals surface area contributed by atoms with Crippen LogP contribution in [0.25, 0.3) is 0 Å². The van der Waals surface area contributed by atoms with Crippen molar-refractivity contribution in [2.24, 2.45) is 0 Å². The van der Waals surface area contributed by atoms with E-state index in [0.29, 0.717) is 0 Å². The van der Waals surface area contributed by atoms with E-state index in [2.05, 4.69) is 0 Å². The molecule has 2 nitrogen and oxygen atoms in total. The molecule has 2 aromatic carbocycles. The second-order valence-electron chi connectivity index (χ2n) is 3.52. The van der Waals surface area contributed by atoms with Gasteiger partial charge in [0.25, 0.3) is 0 Å². The summed E-state index contributed by atoms with van der Waals surface area (Å²) in [6, 6.07) is 15.7. The Bertz CT molecular complexity index is 452. The van der Waals surface area contributed by atoms with Gasteiger partial charge in [-0.1, -0.05) is 42.1 Å². The highest BCUT2D eigenvalue weighted by Gasteiger charge is 2.06. The molecule has 2 rings (SSSR count). The zero-order chi connectivity index (χ0) is 12.1. The first-order chi connectivity index (χ1) is 8.35. The van der Waals surface area contributed by atoms with Gasteiger partial charge in [0.05, 0.1) is 18.6 Å². The van der Waals surface area contributed by atoms with Gasteiger partial charge in [0.2, 0.25) is 0 Å². The summed E-state index contributed by atoms with van der Waals surface area (Å²) in [4.78, 5) is 2.11. The number of hydrogen-bond donors (Lipinski definition) is 1. The lowest BCUT2D eigenvalue weighted by atomic mass is 10.2. The van der Waals surface area contributed by atoms with Crippen LogP contribution in [0.2, 0.25) is 0 Å². The molecule has 0 heterocycles. The van der Waals surface area contributed by atoms with E-state index in [-0.39, 0.29) is 6.61 Å². The largest absolute Gasteiger partial charge is 0.496 e. The maximum atomic E-state index is 9.28. The van der Waals surface area contributed by atoms with Crippen molar-refractivity contribution in [2.75, 3.05) is 7.11 Å². The fourth-order valence-electron chi connectivity index (χ4n) is 1.56. The van der Waals surface area contributed by atoms with Crippen molar-refractivity contribution < 1.29 is 9.84 Å². The van der Waals surface area contributed by atoms with Crippen molar-refractivity contribution >= 4 is 11.8 Å². The van der Waals surface area contributed by atoms with Crippen LogP contribution in [0, 0.1) is 0 Å². The van der Waals surface area contributed by atoms with Crippen LogP contribution in [-0.4, -0.2) is 12.2 Å². The lowest BCUT2D eigenvalue weighted by molar-refractivity contribution is 0.279. The SMILES string of the molecule is COc1ccccc1Sc1ccccc1CO. The van der Waals surface area contributed by atoms with E-state index in [9.17, 15) is 5.11 Å². The smallest absolute Gasteiger partial charge is 0.132 e. The van der Waals surface area contributed by atoms with Gasteiger partial charge in [-0.15, -0.1) is 0 Å². The fraction of sp³-hybridized carbons (Fsp3) is 0.143. The number of methoxy groups -OCH3 is 1. The summed E-state index contributed by atoms with van der Waals surface area (Å²) in [5, 5.41) is 9.28. The van der Waals surface area contributed by atoms with Crippen LogP contribution < -0.4 is 4.74 Å². The molecule has 88 valence electrons. The first-order valence-corrected chi connectivity index (χ1v) is 6.16. The molecule has 0 bridgehead atoms. The van der Waals surface area contributed by atoms with Crippen LogP contribution in [-0.2, 0) is 6.61 Å². The Morgan fingerprint density at radius 2 is 1.65 bits per heavy atom. The molecule has 2 aromatic rings. The topological polar surface area (TPSA) is 29.5 Å². The van der Waals surface area contributed by atoms with Crippen molar-refractivity contribution in [1.29, 1.82) is 0 Å². The van der Waals surface area contributed by atoms with Gasteiger partial charge in [-0.3, -0.25) is 0 Å². The summed E-state index contributed by atoms with van der Waals surface area (Å²) >= 11 is 1.60. The van der Waals surface area contributed by atoms with E-state index in [4.69, 9.17) is 4.74 Å². The van der Waals surface area contributed by atoms with Gasteiger partial charge in [0.1, 0.15) is 5.75 Å². The molecule has 0 fully saturated rings. The Labute approximate surface area is 105 Å². The third kappa shape index (κ3) is 2.81. The van der Waals surface area contributed by atoms with Crippen molar-refractivity contribution in [1.82, 2.24) is 0 Å². The molecular formula is C14H14O2S. The Balaban J connectivity index is 2.31. The molecule has 0 radical (unpaired) electrons. The summed E-state index contributed by atoms with van der Waals surface area (Å²) in [5.41, 5.74) is 0.934. The van der Waals surface area contributed by atoms with Crippen LogP contribution in [0.5, 0.6) is 5.75 Å². The molecule has 0 amide bonds. The number of aliphatic hydroxyl groups is 1. The van der Waals surface area contributed by atoms with Gasteiger partial charge in [-0.2, -0.15) is 0 Å². The normalized spacial score (nSPS) is 10.2. The lowest BCUT2D eigenvalue weighted by Gasteiger charge is -2.09. The summed E-state index contributed by atoms with van der Waals surface area (Å²) in [7, 11) is 1.66. The minimum atomic E-state index is 0.0539. The van der Waals surface area contributed by atoms with Gasteiger partial charge >= 0.3 is 0 Å². The van der Waals surface area contributed by atoms with Crippen molar-refractivity contribution in [3.8, 4) is 5.75 Å². The van der Waals surface area contributed by atoms with E-state index in [0.717, 1.165) is 21.1 Å². The molecule has 3 heteroatoms. The number of para-hydroxylation sites is 1. The first-order valence-electron chi connectivity index (χ1n) is 5.35. The van der Waals surface area contributed by atoms with Crippen LogP contribution in [0.1, 0.15) is 5.56 Å². The third-order valence-corrected chi connectivity index (χ3v) is 3.61. The van der Waals surface area contributed by atoms with Gasteiger partial charge in [0, 0.05) is 4.90 Å². The van der Waals surface area contributed by atoms with E-state index in [1.54, 1.807) is 18.9 Å². The number of benzene rings is 2. The van der Waals surface area contributed by atoms with Crippen LogP contribution in [0.3, 0.4) is 0 Å². The van der Waals surface area contributed by atoms with Crippen LogP contribution in [0.4, 0.5) is 0 Å². The third-order valence-electron chi connectivity index (χ3n) is 2.43. The van der Waals surface area contributed by atoms with E-state index in [1.165, 1.54) is 0 Å². The predicted octanol–water partition coefficient (Wildman–Crippen LogP) is 3.34. The second kappa shape index (κ2) is 5.75. The van der Waals surface area contributed by atoms with Crippen LogP contribution in [0.15, 0.2) is 58.3 Å². The number of hydrogen-bond acceptors (Lipinski definition) is 3. The summed E-state index contributed by atoms with van der Waals surface area (Å²) in [5.74, 6) is 0.852. The molecule has 17 heavy (non-hydrogen) atoms. The average molecular weight is 246 g/mol. The predicted molar refractivity (Wildman–Crippen MR) is 69.5 cm³/mol. The first kappa shape index (κ1) is 12.0. The zero-order valence-electron chi connectivity index (χ0n) is 9.59. The Kier molecular flexibility index (Phi) is 4.07. The molecule has 0 unspecified atom stereocenters. The average Bonchev–Trinajstić information content (AvgIpc) is 2.40. The van der Waals surface area contributed by atoms with Crippen LogP contribution >= 0.6 is 11.8 Å². The molecule has 0 saturated carbocycles. The molecular weight excluding hydrogens is 232 g/mol. The second-order valence-corrected chi connectivity index (χ2v) is 4.60. The molecule has 1 N–H and O–H groups in total. The fourth-order valence-corrected chi connectivity index (χ4v) is 2.60. The van der Waals surface area contributed by atoms with E-state index >= 15 is 0 Å². The monoisotopic (exact) mass is 246 g/mol. The Hall–Kier alpha value is -1.45. The van der Waals surface area contributed by atoms with Gasteiger partial charge in [-0.05, 0) is 23.8 Å². The molecule has 0 atom stereocenters. The maximum absolute atomic E-state index is 9.28. The highest BCUT2D eigenvalue weighted by atomic mass is 32.2. The molecule has 0 saturated heterocycles. The molecule has 0 spiro atoms. The standard InChI is InChI=1S/C14H14O2S/c1-16-12-7-3-5-9-14(12)17-13-8-4-2-6-11(13)10-15/h2-9,15H,10H2,1H3. The summed E-state index contributed by atoms with van der Waals surface area (Å²) in [6.45, 7) is 0.0539. The molecule has 0 aliphatic rings. The summed E-state index contributed by atoms with van der Waals surface area (Å²) < 4.78 is 5.31. The Morgan fingerprint density at radius 1 is 1.00 bits per heavy atom. The number of aliphatic hydroxyl groups excluding tert-OH is 1. The molecule has 0 aliphatic heterocycles. The van der Waals surface area contributed by atoms with Gasteiger partial charge < -0.3 is 9.84 Å².